The van der Waals surface area contributed by atoms with Crippen LogP contribution in [0.4, 0.5) is 0 Å². The largest absolute Gasteiger partial charge is 0.356 e. The first-order valence-electron chi connectivity index (χ1n) is 10.5. The van der Waals surface area contributed by atoms with Gasteiger partial charge in [-0.15, -0.1) is 0 Å². The number of rotatable bonds is 7. The molecule has 2 heterocycles. The van der Waals surface area contributed by atoms with E-state index in [0.29, 0.717) is 26.1 Å². The van der Waals surface area contributed by atoms with E-state index in [0.717, 1.165) is 18.5 Å². The molecule has 0 radical (unpaired) electrons. The standard InChI is InChI=1S/C22H33N3O2/c1-18-7-9-19(10-8-18)16-25-17-20(15-21(25)26)22(27)23-11-6-14-24-12-4-2-3-5-13-24/h7-10,20H,2-6,11-17H2,1H3,(H,23,27). The normalized spacial score (nSPS) is 21.3. The van der Waals surface area contributed by atoms with Crippen LogP contribution in [-0.2, 0) is 16.1 Å². The highest BCUT2D eigenvalue weighted by Gasteiger charge is 2.33. The Morgan fingerprint density at radius 2 is 1.81 bits per heavy atom. The van der Waals surface area contributed by atoms with Crippen LogP contribution in [0.1, 0.15) is 49.7 Å². The monoisotopic (exact) mass is 371 g/mol. The molecule has 27 heavy (non-hydrogen) atoms. The molecule has 1 aromatic carbocycles. The fourth-order valence-corrected chi connectivity index (χ4v) is 4.03. The van der Waals surface area contributed by atoms with Crippen molar-refractivity contribution in [2.45, 2.75) is 52.0 Å². The lowest BCUT2D eigenvalue weighted by molar-refractivity contribution is -0.129. The first kappa shape index (κ1) is 19.9. The van der Waals surface area contributed by atoms with Crippen molar-refractivity contribution in [3.05, 3.63) is 35.4 Å². The van der Waals surface area contributed by atoms with Gasteiger partial charge in [0.1, 0.15) is 0 Å². The number of nitrogens with one attached hydrogen (secondary N) is 1. The molecule has 148 valence electrons. The SMILES string of the molecule is Cc1ccc(CN2CC(C(=O)NCCCN3CCCCCC3)CC2=O)cc1. The van der Waals surface area contributed by atoms with Crippen LogP contribution in [0.25, 0.3) is 0 Å². The Labute approximate surface area is 163 Å². The summed E-state index contributed by atoms with van der Waals surface area (Å²) in [6.07, 6.45) is 6.62. The zero-order valence-electron chi connectivity index (χ0n) is 16.6. The molecule has 0 saturated carbocycles. The van der Waals surface area contributed by atoms with Crippen LogP contribution in [0.2, 0.25) is 0 Å². The van der Waals surface area contributed by atoms with Gasteiger partial charge in [0.15, 0.2) is 0 Å². The second-order valence-electron chi connectivity index (χ2n) is 8.06. The van der Waals surface area contributed by atoms with Gasteiger partial charge in [-0.1, -0.05) is 42.7 Å². The van der Waals surface area contributed by atoms with Gasteiger partial charge in [0.05, 0.1) is 5.92 Å². The van der Waals surface area contributed by atoms with Gasteiger partial charge in [0.25, 0.3) is 0 Å². The molecule has 0 aromatic heterocycles. The minimum atomic E-state index is -0.207. The Morgan fingerprint density at radius 1 is 1.11 bits per heavy atom. The quantitative estimate of drug-likeness (QED) is 0.750. The molecule has 0 bridgehead atoms. The number of hydrogen-bond acceptors (Lipinski definition) is 3. The number of amides is 2. The van der Waals surface area contributed by atoms with Gasteiger partial charge < -0.3 is 15.1 Å². The van der Waals surface area contributed by atoms with Gasteiger partial charge in [0, 0.05) is 26.1 Å². The number of nitrogens with zero attached hydrogens (tertiary/aromatic N) is 2. The molecule has 5 nitrogen and oxygen atoms in total. The van der Waals surface area contributed by atoms with E-state index >= 15 is 0 Å². The van der Waals surface area contributed by atoms with Crippen LogP contribution in [0.3, 0.4) is 0 Å². The summed E-state index contributed by atoms with van der Waals surface area (Å²) in [4.78, 5) is 29.0. The molecule has 0 aliphatic carbocycles. The van der Waals surface area contributed by atoms with E-state index in [1.165, 1.54) is 44.3 Å². The van der Waals surface area contributed by atoms with Crippen molar-refractivity contribution in [2.75, 3.05) is 32.7 Å². The summed E-state index contributed by atoms with van der Waals surface area (Å²) < 4.78 is 0. The van der Waals surface area contributed by atoms with E-state index in [-0.39, 0.29) is 17.7 Å². The summed E-state index contributed by atoms with van der Waals surface area (Å²) in [7, 11) is 0. The van der Waals surface area contributed by atoms with E-state index in [1.807, 2.05) is 4.90 Å². The molecule has 0 spiro atoms. The van der Waals surface area contributed by atoms with Crippen molar-refractivity contribution >= 4 is 11.8 Å². The molecule has 1 aromatic rings. The van der Waals surface area contributed by atoms with E-state index in [9.17, 15) is 9.59 Å². The van der Waals surface area contributed by atoms with Gasteiger partial charge >= 0.3 is 0 Å². The second-order valence-corrected chi connectivity index (χ2v) is 8.06. The molecular weight excluding hydrogens is 338 g/mol. The summed E-state index contributed by atoms with van der Waals surface area (Å²) in [6, 6.07) is 8.23. The van der Waals surface area contributed by atoms with Crippen molar-refractivity contribution in [1.29, 1.82) is 0 Å². The Balaban J connectivity index is 1.37. The van der Waals surface area contributed by atoms with Crippen LogP contribution in [-0.4, -0.2) is 54.3 Å². The van der Waals surface area contributed by atoms with Crippen molar-refractivity contribution in [3.8, 4) is 0 Å². The highest BCUT2D eigenvalue weighted by atomic mass is 16.2. The fourth-order valence-electron chi connectivity index (χ4n) is 4.03. The van der Waals surface area contributed by atoms with Gasteiger partial charge in [-0.25, -0.2) is 0 Å². The highest BCUT2D eigenvalue weighted by Crippen LogP contribution is 2.20. The smallest absolute Gasteiger partial charge is 0.225 e. The topological polar surface area (TPSA) is 52.7 Å². The summed E-state index contributed by atoms with van der Waals surface area (Å²) >= 11 is 0. The second kappa shape index (κ2) is 9.88. The van der Waals surface area contributed by atoms with Gasteiger partial charge in [-0.05, 0) is 51.4 Å². The van der Waals surface area contributed by atoms with Crippen LogP contribution in [0.5, 0.6) is 0 Å². The van der Waals surface area contributed by atoms with E-state index in [1.54, 1.807) is 0 Å². The molecule has 2 aliphatic heterocycles. The first-order valence-corrected chi connectivity index (χ1v) is 10.5. The molecule has 2 saturated heterocycles. The zero-order chi connectivity index (χ0) is 19.1. The lowest BCUT2D eigenvalue weighted by atomic mass is 10.1. The lowest BCUT2D eigenvalue weighted by Crippen LogP contribution is -2.35. The first-order chi connectivity index (χ1) is 13.1. The third-order valence-corrected chi connectivity index (χ3v) is 5.73. The average molecular weight is 372 g/mol. The minimum absolute atomic E-state index is 0.0330. The molecule has 2 fully saturated rings. The van der Waals surface area contributed by atoms with E-state index < -0.39 is 0 Å². The third-order valence-electron chi connectivity index (χ3n) is 5.73. The van der Waals surface area contributed by atoms with Crippen LogP contribution >= 0.6 is 0 Å². The number of benzene rings is 1. The number of carbonyl (C=O) groups excluding carboxylic acids is 2. The van der Waals surface area contributed by atoms with Gasteiger partial charge in [0.2, 0.25) is 11.8 Å². The van der Waals surface area contributed by atoms with Crippen LogP contribution in [0, 0.1) is 12.8 Å². The lowest BCUT2D eigenvalue weighted by Gasteiger charge is -2.20. The predicted octanol–water partition coefficient (Wildman–Crippen LogP) is 2.73. The molecule has 2 amide bonds. The molecule has 1 atom stereocenters. The number of hydrogen-bond donors (Lipinski definition) is 1. The predicted molar refractivity (Wildman–Crippen MR) is 107 cm³/mol. The molecule has 1 N–H and O–H groups in total. The molecule has 2 aliphatic rings. The maximum Gasteiger partial charge on any atom is 0.225 e. The summed E-state index contributed by atoms with van der Waals surface area (Å²) in [5.74, 6) is -0.0907. The van der Waals surface area contributed by atoms with Crippen molar-refractivity contribution in [2.24, 2.45) is 5.92 Å². The summed E-state index contributed by atoms with van der Waals surface area (Å²) in [6.45, 7) is 7.33. The molecule has 1 unspecified atom stereocenters. The number of likely N-dealkylation sites (tertiary alicyclic amines) is 2. The maximum absolute atomic E-state index is 12.4. The highest BCUT2D eigenvalue weighted by molar-refractivity contribution is 5.89. The van der Waals surface area contributed by atoms with E-state index in [2.05, 4.69) is 41.4 Å². The van der Waals surface area contributed by atoms with Crippen molar-refractivity contribution in [3.63, 3.8) is 0 Å². The van der Waals surface area contributed by atoms with E-state index in [4.69, 9.17) is 0 Å². The Kier molecular flexibility index (Phi) is 7.27. The van der Waals surface area contributed by atoms with Crippen LogP contribution in [0.15, 0.2) is 24.3 Å². The molecular formula is C22H33N3O2. The Hall–Kier alpha value is -1.88. The van der Waals surface area contributed by atoms with Gasteiger partial charge in [-0.2, -0.15) is 0 Å². The van der Waals surface area contributed by atoms with Gasteiger partial charge in [-0.3, -0.25) is 9.59 Å². The molecule has 5 heteroatoms. The van der Waals surface area contributed by atoms with Crippen molar-refractivity contribution in [1.82, 2.24) is 15.1 Å². The maximum atomic E-state index is 12.4. The summed E-state index contributed by atoms with van der Waals surface area (Å²) in [5.41, 5.74) is 2.33. The Morgan fingerprint density at radius 3 is 2.52 bits per heavy atom. The van der Waals surface area contributed by atoms with Crippen molar-refractivity contribution < 1.29 is 9.59 Å². The summed E-state index contributed by atoms with van der Waals surface area (Å²) in [5, 5.41) is 3.05. The third kappa shape index (κ3) is 6.06. The molecule has 3 rings (SSSR count). The zero-order valence-corrected chi connectivity index (χ0v) is 16.6. The average Bonchev–Trinajstić information content (AvgIpc) is 2.86. The minimum Gasteiger partial charge on any atom is -0.356 e. The fraction of sp³-hybridized carbons (Fsp3) is 0.636. The Bertz CT molecular complexity index is 621. The number of aryl methyl sites for hydroxylation is 1. The number of carbonyl (C=O) groups is 2. The van der Waals surface area contributed by atoms with Crippen LogP contribution < -0.4 is 5.32 Å².